The highest BCUT2D eigenvalue weighted by Crippen LogP contribution is 2.09. The van der Waals surface area contributed by atoms with Crippen LogP contribution in [0.5, 0.6) is 0 Å². The van der Waals surface area contributed by atoms with Crippen molar-refractivity contribution in [3.8, 4) is 0 Å². The van der Waals surface area contributed by atoms with Gasteiger partial charge in [0.15, 0.2) is 0 Å². The van der Waals surface area contributed by atoms with Gasteiger partial charge >= 0.3 is 0 Å². The predicted molar refractivity (Wildman–Crippen MR) is 48.6 cm³/mol. The van der Waals surface area contributed by atoms with Gasteiger partial charge in [-0.05, 0) is 11.6 Å². The largest absolute Gasteiger partial charge is 0.269 e. The number of hydrogen-bond donors (Lipinski definition) is 0. The molecule has 3 heteroatoms. The number of rotatable bonds is 0. The Morgan fingerprint density at radius 3 is 3.11 bits per heavy atom. The molecule has 0 saturated heterocycles. The van der Waals surface area contributed by atoms with E-state index in [9.17, 15) is 0 Å². The molecule has 0 bridgehead atoms. The zero-order valence-electron chi connectivity index (χ0n) is 5.45. The second kappa shape index (κ2) is 2.35. The first kappa shape index (κ1) is 6.55. The van der Waals surface area contributed by atoms with Crippen molar-refractivity contribution in [1.82, 2.24) is 0 Å². The maximum Gasteiger partial charge on any atom is 0.129 e. The molecule has 1 atom stereocenters. The third kappa shape index (κ3) is 2.01. The molecule has 0 N–H and O–H groups in total. The maximum atomic E-state index is 4.04. The zero-order valence-corrected chi connectivity index (χ0v) is 6.27. The minimum Gasteiger partial charge on any atom is -0.269 e. The van der Waals surface area contributed by atoms with Crippen molar-refractivity contribution in [2.24, 2.45) is 9.98 Å². The van der Waals surface area contributed by atoms with E-state index in [1.54, 1.807) is 6.21 Å². The van der Waals surface area contributed by atoms with E-state index < -0.39 is 9.21 Å². The van der Waals surface area contributed by atoms with Crippen LogP contribution in [0.25, 0.3) is 0 Å². The molecule has 0 aromatic rings. The van der Waals surface area contributed by atoms with Gasteiger partial charge in [0.2, 0.25) is 0 Å². The molecule has 2 nitrogen and oxygen atoms in total. The zero-order chi connectivity index (χ0) is 6.74. The summed E-state index contributed by atoms with van der Waals surface area (Å²) in [5, 5.41) is 2.02. The standard InChI is InChI=1S/C6H10N2S/c1-9(2)4-3-7-5-8-6-9/h3-4,6H,1,5H2,2H3. The topological polar surface area (TPSA) is 24.7 Å². The molecule has 0 spiro atoms. The lowest BCUT2D eigenvalue weighted by molar-refractivity contribution is 1.09. The van der Waals surface area contributed by atoms with Crippen molar-refractivity contribution in [2.45, 2.75) is 0 Å². The fourth-order valence-corrected chi connectivity index (χ4v) is 1.36. The quantitative estimate of drug-likeness (QED) is 0.445. The molecule has 1 rings (SSSR count). The van der Waals surface area contributed by atoms with Crippen LogP contribution in [0, 0.1) is 0 Å². The van der Waals surface area contributed by atoms with Crippen LogP contribution < -0.4 is 0 Å². The van der Waals surface area contributed by atoms with Gasteiger partial charge in [-0.2, -0.15) is 9.21 Å². The van der Waals surface area contributed by atoms with Crippen molar-refractivity contribution in [3.05, 3.63) is 0 Å². The van der Waals surface area contributed by atoms with Gasteiger partial charge in [0.1, 0.15) is 6.67 Å². The summed E-state index contributed by atoms with van der Waals surface area (Å²) in [6.45, 7) is 0.564. The minimum atomic E-state index is -0.935. The Morgan fingerprint density at radius 2 is 2.33 bits per heavy atom. The summed E-state index contributed by atoms with van der Waals surface area (Å²) in [5.74, 6) is 3.98. The van der Waals surface area contributed by atoms with Crippen LogP contribution in [0.3, 0.4) is 0 Å². The molecule has 1 heterocycles. The summed E-state index contributed by atoms with van der Waals surface area (Å²) in [5.41, 5.74) is 1.90. The summed E-state index contributed by atoms with van der Waals surface area (Å²) in [4.78, 5) is 8.01. The van der Waals surface area contributed by atoms with E-state index in [2.05, 4.69) is 22.1 Å². The number of aliphatic imine (C=N–C) groups is 2. The SMILES string of the molecule is C=S1(C)=CC=NCN=C1. The lowest BCUT2D eigenvalue weighted by Gasteiger charge is -1.95. The van der Waals surface area contributed by atoms with E-state index in [0.29, 0.717) is 6.67 Å². The first-order valence-corrected chi connectivity index (χ1v) is 4.99. The van der Waals surface area contributed by atoms with Crippen molar-refractivity contribution >= 4 is 32.2 Å². The van der Waals surface area contributed by atoms with Crippen LogP contribution in [0.1, 0.15) is 0 Å². The molecule has 0 radical (unpaired) electrons. The molecular weight excluding hydrogens is 132 g/mol. The average molecular weight is 142 g/mol. The van der Waals surface area contributed by atoms with Crippen LogP contribution in [0.4, 0.5) is 0 Å². The Hall–Kier alpha value is -0.570. The smallest absolute Gasteiger partial charge is 0.129 e. The van der Waals surface area contributed by atoms with Crippen LogP contribution >= 0.6 is 9.21 Å². The maximum absolute atomic E-state index is 4.04. The first-order chi connectivity index (χ1) is 4.21. The van der Waals surface area contributed by atoms with Gasteiger partial charge in [0, 0.05) is 11.8 Å². The Morgan fingerprint density at radius 1 is 1.56 bits per heavy atom. The van der Waals surface area contributed by atoms with Gasteiger partial charge in [-0.15, -0.1) is 0 Å². The fraction of sp³-hybridized carbons (Fsp3) is 0.333. The minimum absolute atomic E-state index is 0.564. The highest BCUT2D eigenvalue weighted by molar-refractivity contribution is 8.38. The van der Waals surface area contributed by atoms with E-state index in [1.807, 2.05) is 10.9 Å². The Balaban J connectivity index is 3.08. The predicted octanol–water partition coefficient (Wildman–Crippen LogP) is 0.725. The molecule has 50 valence electrons. The van der Waals surface area contributed by atoms with Crippen molar-refractivity contribution in [3.63, 3.8) is 0 Å². The third-order valence-corrected chi connectivity index (χ3v) is 2.33. The Kier molecular flexibility index (Phi) is 1.71. The molecule has 0 amide bonds. The van der Waals surface area contributed by atoms with Gasteiger partial charge in [-0.25, -0.2) is 0 Å². The second-order valence-corrected chi connectivity index (χ2v) is 5.07. The summed E-state index contributed by atoms with van der Waals surface area (Å²) in [7, 11) is -0.935. The van der Waals surface area contributed by atoms with Crippen molar-refractivity contribution < 1.29 is 0 Å². The lowest BCUT2D eigenvalue weighted by atomic mass is 10.9. The van der Waals surface area contributed by atoms with Gasteiger partial charge < -0.3 is 0 Å². The van der Waals surface area contributed by atoms with Gasteiger partial charge in [-0.1, -0.05) is 5.87 Å². The van der Waals surface area contributed by atoms with E-state index in [-0.39, 0.29) is 0 Å². The molecule has 0 saturated carbocycles. The summed E-state index contributed by atoms with van der Waals surface area (Å²) >= 11 is 0. The first-order valence-electron chi connectivity index (χ1n) is 2.65. The van der Waals surface area contributed by atoms with Gasteiger partial charge in [0.25, 0.3) is 0 Å². The van der Waals surface area contributed by atoms with Crippen LogP contribution in [-0.2, 0) is 0 Å². The highest BCUT2D eigenvalue weighted by Gasteiger charge is 1.85. The number of hydrogen-bond acceptors (Lipinski definition) is 2. The molecule has 9 heavy (non-hydrogen) atoms. The van der Waals surface area contributed by atoms with E-state index in [1.165, 1.54) is 0 Å². The van der Waals surface area contributed by atoms with Crippen molar-refractivity contribution in [1.29, 1.82) is 0 Å². The van der Waals surface area contributed by atoms with Crippen molar-refractivity contribution in [2.75, 3.05) is 12.9 Å². The highest BCUT2D eigenvalue weighted by atomic mass is 32.2. The molecule has 1 aliphatic heterocycles. The molecule has 1 aliphatic rings. The van der Waals surface area contributed by atoms with E-state index >= 15 is 0 Å². The van der Waals surface area contributed by atoms with Gasteiger partial charge in [-0.3, -0.25) is 9.98 Å². The Labute approximate surface area is 55.8 Å². The fourth-order valence-electron chi connectivity index (χ4n) is 0.515. The molecule has 0 fully saturated rings. The Bertz CT molecular complexity index is 254. The molecule has 0 aromatic carbocycles. The number of nitrogens with zero attached hydrogens (tertiary/aromatic N) is 2. The molecule has 1 unspecified atom stereocenters. The van der Waals surface area contributed by atoms with Gasteiger partial charge in [0.05, 0.1) is 0 Å². The second-order valence-electron chi connectivity index (χ2n) is 2.13. The average Bonchev–Trinajstić information content (AvgIpc) is 1.92. The molecule has 0 aliphatic carbocycles. The summed E-state index contributed by atoms with van der Waals surface area (Å²) in [6, 6.07) is 0. The summed E-state index contributed by atoms with van der Waals surface area (Å²) < 4.78 is 0. The normalized spacial score (nSPS) is 33.4. The lowest BCUT2D eigenvalue weighted by Crippen LogP contribution is -1.79. The van der Waals surface area contributed by atoms with Crippen LogP contribution in [0.2, 0.25) is 0 Å². The summed E-state index contributed by atoms with van der Waals surface area (Å²) in [6.07, 6.45) is 3.88. The molecular formula is C6H10N2S. The van der Waals surface area contributed by atoms with Crippen LogP contribution in [-0.4, -0.2) is 35.9 Å². The third-order valence-electron chi connectivity index (χ3n) is 0.956. The van der Waals surface area contributed by atoms with E-state index in [0.717, 1.165) is 0 Å². The van der Waals surface area contributed by atoms with Crippen LogP contribution in [0.15, 0.2) is 9.98 Å². The molecule has 0 aromatic heterocycles. The monoisotopic (exact) mass is 142 g/mol. The van der Waals surface area contributed by atoms with E-state index in [4.69, 9.17) is 0 Å².